The first kappa shape index (κ1) is 14.6. The van der Waals surface area contributed by atoms with E-state index in [9.17, 15) is 9.59 Å². The number of hydrogen-bond donors (Lipinski definition) is 1. The molecule has 2 rings (SSSR count). The van der Waals surface area contributed by atoms with Crippen molar-refractivity contribution in [3.63, 3.8) is 0 Å². The van der Waals surface area contributed by atoms with Gasteiger partial charge in [-0.3, -0.25) is 9.59 Å². The van der Waals surface area contributed by atoms with Gasteiger partial charge in [0.15, 0.2) is 0 Å². The topological polar surface area (TPSA) is 75.4 Å². The predicted molar refractivity (Wildman–Crippen MR) is 72.8 cm³/mol. The van der Waals surface area contributed by atoms with Crippen molar-refractivity contribution in [1.82, 2.24) is 14.5 Å². The van der Waals surface area contributed by atoms with Crippen molar-refractivity contribution in [1.29, 1.82) is 0 Å². The fourth-order valence-corrected chi connectivity index (χ4v) is 2.79. The molecule has 1 aliphatic carbocycles. The van der Waals surface area contributed by atoms with Crippen LogP contribution in [0.3, 0.4) is 0 Å². The number of carboxylic acids is 1. The van der Waals surface area contributed by atoms with Crippen LogP contribution in [-0.2, 0) is 23.2 Å². The maximum atomic E-state index is 12.4. The lowest BCUT2D eigenvalue weighted by atomic mass is 9.81. The molecule has 1 heterocycles. The number of carbonyl (C=O) groups is 2. The van der Waals surface area contributed by atoms with Gasteiger partial charge in [0, 0.05) is 32.4 Å². The maximum Gasteiger partial charge on any atom is 0.306 e. The number of aliphatic carboxylic acids is 1. The number of aryl methyl sites for hydroxylation is 1. The third-order valence-electron chi connectivity index (χ3n) is 4.05. The zero-order valence-corrected chi connectivity index (χ0v) is 12.0. The molecule has 110 valence electrons. The second-order valence-corrected chi connectivity index (χ2v) is 5.55. The summed E-state index contributed by atoms with van der Waals surface area (Å²) in [6.07, 6.45) is 6.28. The Balaban J connectivity index is 1.96. The van der Waals surface area contributed by atoms with Crippen LogP contribution in [0, 0.1) is 11.8 Å². The average molecular weight is 279 g/mol. The molecule has 1 saturated carbocycles. The lowest BCUT2D eigenvalue weighted by molar-refractivity contribution is -0.145. The monoisotopic (exact) mass is 279 g/mol. The highest BCUT2D eigenvalue weighted by Crippen LogP contribution is 2.30. The molecule has 1 aliphatic rings. The Bertz CT molecular complexity index is 498. The highest BCUT2D eigenvalue weighted by atomic mass is 16.4. The van der Waals surface area contributed by atoms with E-state index in [1.165, 1.54) is 0 Å². The van der Waals surface area contributed by atoms with Gasteiger partial charge in [0.1, 0.15) is 5.82 Å². The van der Waals surface area contributed by atoms with Crippen molar-refractivity contribution in [2.24, 2.45) is 18.9 Å². The number of nitrogens with zero attached hydrogens (tertiary/aromatic N) is 3. The van der Waals surface area contributed by atoms with Crippen LogP contribution >= 0.6 is 0 Å². The van der Waals surface area contributed by atoms with Crippen LogP contribution in [0.1, 0.15) is 31.5 Å². The number of carbonyl (C=O) groups excluding carboxylic acids is 1. The number of rotatable bonds is 4. The first-order valence-corrected chi connectivity index (χ1v) is 6.93. The summed E-state index contributed by atoms with van der Waals surface area (Å²) in [5.74, 6) is -0.478. The zero-order valence-electron chi connectivity index (χ0n) is 12.0. The van der Waals surface area contributed by atoms with E-state index in [1.54, 1.807) is 18.1 Å². The number of hydrogen-bond acceptors (Lipinski definition) is 3. The fraction of sp³-hybridized carbons (Fsp3) is 0.643. The largest absolute Gasteiger partial charge is 0.481 e. The van der Waals surface area contributed by atoms with Crippen LogP contribution in [0.2, 0.25) is 0 Å². The molecule has 20 heavy (non-hydrogen) atoms. The molecule has 1 amide bonds. The molecule has 0 spiro atoms. The van der Waals surface area contributed by atoms with Gasteiger partial charge >= 0.3 is 5.97 Å². The van der Waals surface area contributed by atoms with Crippen molar-refractivity contribution < 1.29 is 14.7 Å². The highest BCUT2D eigenvalue weighted by Gasteiger charge is 2.32. The quantitative estimate of drug-likeness (QED) is 0.900. The normalized spacial score (nSPS) is 22.5. The van der Waals surface area contributed by atoms with Gasteiger partial charge in [0.05, 0.1) is 12.5 Å². The summed E-state index contributed by atoms with van der Waals surface area (Å²) in [5.41, 5.74) is 0. The van der Waals surface area contributed by atoms with Gasteiger partial charge < -0.3 is 14.6 Å². The third-order valence-corrected chi connectivity index (χ3v) is 4.05. The molecule has 0 aliphatic heterocycles. The van der Waals surface area contributed by atoms with E-state index in [4.69, 9.17) is 5.11 Å². The van der Waals surface area contributed by atoms with Crippen molar-refractivity contribution in [2.75, 3.05) is 7.05 Å². The first-order valence-electron chi connectivity index (χ1n) is 6.93. The van der Waals surface area contributed by atoms with Crippen LogP contribution in [0.15, 0.2) is 12.4 Å². The van der Waals surface area contributed by atoms with Crippen molar-refractivity contribution in [2.45, 2.75) is 32.2 Å². The summed E-state index contributed by atoms with van der Waals surface area (Å²) in [6.45, 7) is 0.455. The van der Waals surface area contributed by atoms with Crippen molar-refractivity contribution in [3.8, 4) is 0 Å². The Morgan fingerprint density at radius 2 is 2.15 bits per heavy atom. The number of imidazole rings is 1. The van der Waals surface area contributed by atoms with Gasteiger partial charge in [-0.1, -0.05) is 6.42 Å². The van der Waals surface area contributed by atoms with E-state index in [1.807, 2.05) is 17.8 Å². The van der Waals surface area contributed by atoms with Gasteiger partial charge in [-0.25, -0.2) is 4.98 Å². The standard InChI is InChI=1S/C14H21N3O3/c1-16-7-6-15-12(16)9-17(2)13(18)10-4-3-5-11(8-10)14(19)20/h6-7,10-11H,3-5,8-9H2,1-2H3,(H,19,20). The van der Waals surface area contributed by atoms with E-state index in [0.717, 1.165) is 18.7 Å². The average Bonchev–Trinajstić information content (AvgIpc) is 2.83. The van der Waals surface area contributed by atoms with Crippen LogP contribution in [-0.4, -0.2) is 38.5 Å². The Kier molecular flexibility index (Phi) is 4.42. The molecule has 0 radical (unpaired) electrons. The van der Waals surface area contributed by atoms with Crippen LogP contribution in [0.5, 0.6) is 0 Å². The van der Waals surface area contributed by atoms with Gasteiger partial charge in [-0.15, -0.1) is 0 Å². The summed E-state index contributed by atoms with van der Waals surface area (Å²) in [7, 11) is 3.64. The van der Waals surface area contributed by atoms with E-state index in [-0.39, 0.29) is 17.7 Å². The predicted octanol–water partition coefficient (Wildman–Crippen LogP) is 1.27. The van der Waals surface area contributed by atoms with Crippen molar-refractivity contribution in [3.05, 3.63) is 18.2 Å². The van der Waals surface area contributed by atoms with E-state index in [0.29, 0.717) is 19.4 Å². The van der Waals surface area contributed by atoms with Gasteiger partial charge in [-0.2, -0.15) is 0 Å². The summed E-state index contributed by atoms with van der Waals surface area (Å²) in [5, 5.41) is 9.08. The molecule has 2 unspecified atom stereocenters. The summed E-state index contributed by atoms with van der Waals surface area (Å²) in [6, 6.07) is 0. The van der Waals surface area contributed by atoms with Crippen LogP contribution in [0.25, 0.3) is 0 Å². The van der Waals surface area contributed by atoms with E-state index in [2.05, 4.69) is 4.98 Å². The first-order chi connectivity index (χ1) is 9.49. The molecule has 0 aromatic carbocycles. The Morgan fingerprint density at radius 3 is 2.75 bits per heavy atom. The molecule has 1 aromatic rings. The minimum atomic E-state index is -0.783. The SMILES string of the molecule is CN(Cc1nccn1C)C(=O)C1CCCC(C(=O)O)C1. The van der Waals surface area contributed by atoms with Gasteiger partial charge in [0.25, 0.3) is 0 Å². The second-order valence-electron chi connectivity index (χ2n) is 5.55. The van der Waals surface area contributed by atoms with Gasteiger partial charge in [0.2, 0.25) is 5.91 Å². The summed E-state index contributed by atoms with van der Waals surface area (Å²) >= 11 is 0. The summed E-state index contributed by atoms with van der Waals surface area (Å²) < 4.78 is 1.88. The molecule has 1 N–H and O–H groups in total. The van der Waals surface area contributed by atoms with Gasteiger partial charge in [-0.05, 0) is 19.3 Å². The second kappa shape index (κ2) is 6.07. The van der Waals surface area contributed by atoms with Crippen LogP contribution in [0.4, 0.5) is 0 Å². The smallest absolute Gasteiger partial charge is 0.306 e. The van der Waals surface area contributed by atoms with E-state index >= 15 is 0 Å². The Hall–Kier alpha value is -1.85. The molecule has 0 saturated heterocycles. The molecular formula is C14H21N3O3. The Morgan fingerprint density at radius 1 is 1.45 bits per heavy atom. The fourth-order valence-electron chi connectivity index (χ4n) is 2.79. The zero-order chi connectivity index (χ0) is 14.7. The maximum absolute atomic E-state index is 12.4. The van der Waals surface area contributed by atoms with E-state index < -0.39 is 5.97 Å². The molecular weight excluding hydrogens is 258 g/mol. The molecule has 6 heteroatoms. The number of carboxylic acid groups (broad SMARTS) is 1. The Labute approximate surface area is 118 Å². The molecule has 6 nitrogen and oxygen atoms in total. The number of aromatic nitrogens is 2. The summed E-state index contributed by atoms with van der Waals surface area (Å²) in [4.78, 5) is 29.3. The van der Waals surface area contributed by atoms with Crippen LogP contribution < -0.4 is 0 Å². The lowest BCUT2D eigenvalue weighted by Crippen LogP contribution is -2.37. The third kappa shape index (κ3) is 3.18. The molecule has 0 bridgehead atoms. The lowest BCUT2D eigenvalue weighted by Gasteiger charge is -2.29. The minimum absolute atomic E-state index is 0.0268. The highest BCUT2D eigenvalue weighted by molar-refractivity contribution is 5.80. The number of amides is 1. The molecule has 1 aromatic heterocycles. The molecule has 2 atom stereocenters. The molecule has 1 fully saturated rings. The van der Waals surface area contributed by atoms with Crippen molar-refractivity contribution >= 4 is 11.9 Å². The minimum Gasteiger partial charge on any atom is -0.481 e.